The van der Waals surface area contributed by atoms with E-state index < -0.39 is 10.0 Å². The van der Waals surface area contributed by atoms with Gasteiger partial charge >= 0.3 is 0 Å². The van der Waals surface area contributed by atoms with Gasteiger partial charge in [0.1, 0.15) is 0 Å². The van der Waals surface area contributed by atoms with Crippen LogP contribution >= 0.6 is 12.4 Å². The number of nitrogens with zero attached hydrogens (tertiary/aromatic N) is 2. The van der Waals surface area contributed by atoms with E-state index >= 15 is 0 Å². The minimum absolute atomic E-state index is 0. The van der Waals surface area contributed by atoms with Crippen molar-refractivity contribution in [2.24, 2.45) is 0 Å². The van der Waals surface area contributed by atoms with Gasteiger partial charge in [-0.05, 0) is 31.5 Å². The highest BCUT2D eigenvalue weighted by Crippen LogP contribution is 2.18. The molecule has 1 atom stereocenters. The van der Waals surface area contributed by atoms with Gasteiger partial charge in [0.25, 0.3) is 0 Å². The standard InChI is InChI=1S/C16H23N3O3S.ClH/c20-16(15-8-4-5-9-17-15)18-10-12-19(13-11-18)23(21,22)14-6-2-1-3-7-14;/h1-3,6-7,15,17H,4-5,8-13H2;1H/t15-;/m0./s1. The van der Waals surface area contributed by atoms with E-state index in [1.807, 2.05) is 0 Å². The van der Waals surface area contributed by atoms with Crippen LogP contribution < -0.4 is 5.32 Å². The molecule has 0 radical (unpaired) electrons. The fourth-order valence-electron chi connectivity index (χ4n) is 3.17. The highest BCUT2D eigenvalue weighted by atomic mass is 35.5. The zero-order chi connectivity index (χ0) is 16.3. The van der Waals surface area contributed by atoms with E-state index in [2.05, 4.69) is 5.32 Å². The first kappa shape index (κ1) is 19.2. The second kappa shape index (κ2) is 8.29. The van der Waals surface area contributed by atoms with Crippen LogP contribution in [0.1, 0.15) is 19.3 Å². The van der Waals surface area contributed by atoms with Crippen molar-refractivity contribution in [2.75, 3.05) is 32.7 Å². The van der Waals surface area contributed by atoms with Crippen molar-refractivity contribution >= 4 is 28.3 Å². The van der Waals surface area contributed by atoms with Crippen molar-refractivity contribution in [3.63, 3.8) is 0 Å². The third-order valence-corrected chi connectivity index (χ3v) is 6.45. The molecule has 0 saturated carbocycles. The fourth-order valence-corrected chi connectivity index (χ4v) is 4.62. The number of sulfonamides is 1. The number of rotatable bonds is 3. The van der Waals surface area contributed by atoms with E-state index in [9.17, 15) is 13.2 Å². The number of amides is 1. The quantitative estimate of drug-likeness (QED) is 0.860. The van der Waals surface area contributed by atoms with Crippen LogP contribution in [0.5, 0.6) is 0 Å². The zero-order valence-corrected chi connectivity index (χ0v) is 15.2. The molecular weight excluding hydrogens is 350 g/mol. The van der Waals surface area contributed by atoms with Crippen molar-refractivity contribution < 1.29 is 13.2 Å². The van der Waals surface area contributed by atoms with Gasteiger partial charge < -0.3 is 10.2 Å². The number of piperazine rings is 1. The third-order valence-electron chi connectivity index (χ3n) is 4.54. The van der Waals surface area contributed by atoms with Crippen molar-refractivity contribution in [3.8, 4) is 0 Å². The summed E-state index contributed by atoms with van der Waals surface area (Å²) in [5.41, 5.74) is 0. The summed E-state index contributed by atoms with van der Waals surface area (Å²) in [7, 11) is -3.46. The molecule has 1 amide bonds. The molecule has 0 aromatic heterocycles. The second-order valence-electron chi connectivity index (χ2n) is 6.04. The topological polar surface area (TPSA) is 69.7 Å². The van der Waals surface area contributed by atoms with Crippen molar-refractivity contribution in [1.29, 1.82) is 0 Å². The molecule has 2 aliphatic heterocycles. The maximum absolute atomic E-state index is 12.6. The van der Waals surface area contributed by atoms with E-state index in [0.29, 0.717) is 31.1 Å². The molecule has 0 bridgehead atoms. The smallest absolute Gasteiger partial charge is 0.243 e. The molecule has 3 rings (SSSR count). The van der Waals surface area contributed by atoms with Gasteiger partial charge in [-0.15, -0.1) is 12.4 Å². The first-order valence-electron chi connectivity index (χ1n) is 8.16. The van der Waals surface area contributed by atoms with Gasteiger partial charge in [0.05, 0.1) is 10.9 Å². The van der Waals surface area contributed by atoms with Crippen LogP contribution in [0.2, 0.25) is 0 Å². The minimum Gasteiger partial charge on any atom is -0.339 e. The highest BCUT2D eigenvalue weighted by molar-refractivity contribution is 7.89. The summed E-state index contributed by atoms with van der Waals surface area (Å²) in [5.74, 6) is 0.112. The molecule has 0 unspecified atom stereocenters. The molecule has 2 saturated heterocycles. The number of hydrogen-bond acceptors (Lipinski definition) is 4. The Kier molecular flexibility index (Phi) is 6.62. The minimum atomic E-state index is -3.46. The van der Waals surface area contributed by atoms with Crippen molar-refractivity contribution in [3.05, 3.63) is 30.3 Å². The maximum Gasteiger partial charge on any atom is 0.243 e. The second-order valence-corrected chi connectivity index (χ2v) is 7.98. The summed E-state index contributed by atoms with van der Waals surface area (Å²) in [6.45, 7) is 2.52. The molecule has 2 fully saturated rings. The predicted octanol–water partition coefficient (Wildman–Crippen LogP) is 1.08. The van der Waals surface area contributed by atoms with E-state index in [0.717, 1.165) is 25.8 Å². The molecule has 1 aromatic carbocycles. The lowest BCUT2D eigenvalue weighted by Gasteiger charge is -2.36. The van der Waals surface area contributed by atoms with Crippen LogP contribution in [0, 0.1) is 0 Å². The average Bonchev–Trinajstić information content (AvgIpc) is 2.63. The molecule has 2 heterocycles. The highest BCUT2D eigenvalue weighted by Gasteiger charge is 2.32. The number of carbonyl (C=O) groups excluding carboxylic acids is 1. The van der Waals surface area contributed by atoms with Crippen LogP contribution in [-0.4, -0.2) is 62.3 Å². The number of piperidine rings is 1. The monoisotopic (exact) mass is 373 g/mol. The summed E-state index contributed by atoms with van der Waals surface area (Å²) in [4.78, 5) is 14.6. The van der Waals surface area contributed by atoms with Gasteiger partial charge in [0.2, 0.25) is 15.9 Å². The van der Waals surface area contributed by atoms with Crippen molar-refractivity contribution in [2.45, 2.75) is 30.2 Å². The first-order chi connectivity index (χ1) is 11.1. The Morgan fingerprint density at radius 2 is 1.71 bits per heavy atom. The van der Waals surface area contributed by atoms with E-state index in [1.54, 1.807) is 35.2 Å². The lowest BCUT2D eigenvalue weighted by atomic mass is 10.0. The third kappa shape index (κ3) is 4.08. The number of hydrogen-bond donors (Lipinski definition) is 1. The maximum atomic E-state index is 12.6. The van der Waals surface area contributed by atoms with Crippen molar-refractivity contribution in [1.82, 2.24) is 14.5 Å². The van der Waals surface area contributed by atoms with Crippen LogP contribution in [0.3, 0.4) is 0 Å². The lowest BCUT2D eigenvalue weighted by molar-refractivity contribution is -0.135. The fraction of sp³-hybridized carbons (Fsp3) is 0.562. The van der Waals surface area contributed by atoms with Crippen LogP contribution in [0.25, 0.3) is 0 Å². The molecule has 1 aromatic rings. The Balaban J connectivity index is 0.00000208. The van der Waals surface area contributed by atoms with Gasteiger partial charge in [-0.25, -0.2) is 8.42 Å². The molecule has 1 N–H and O–H groups in total. The van der Waals surface area contributed by atoms with Crippen LogP contribution in [0.4, 0.5) is 0 Å². The zero-order valence-electron chi connectivity index (χ0n) is 13.6. The summed E-state index contributed by atoms with van der Waals surface area (Å²) in [5, 5.41) is 3.26. The average molecular weight is 374 g/mol. The molecular formula is C16H24ClN3O3S. The lowest BCUT2D eigenvalue weighted by Crippen LogP contribution is -2.55. The first-order valence-corrected chi connectivity index (χ1v) is 9.60. The molecule has 0 aliphatic carbocycles. The van der Waals surface area contributed by atoms with Gasteiger partial charge in [-0.1, -0.05) is 24.6 Å². The van der Waals surface area contributed by atoms with E-state index in [4.69, 9.17) is 0 Å². The number of carbonyl (C=O) groups is 1. The van der Waals surface area contributed by atoms with Gasteiger partial charge in [0.15, 0.2) is 0 Å². The molecule has 134 valence electrons. The Labute approximate surface area is 149 Å². The Bertz CT molecular complexity index is 640. The summed E-state index contributed by atoms with van der Waals surface area (Å²) >= 11 is 0. The SMILES string of the molecule is Cl.O=C([C@@H]1CCCCN1)N1CCN(S(=O)(=O)c2ccccc2)CC1. The molecule has 8 heteroatoms. The summed E-state index contributed by atoms with van der Waals surface area (Å²) in [6, 6.07) is 8.37. The van der Waals surface area contributed by atoms with Gasteiger partial charge in [-0.3, -0.25) is 4.79 Å². The molecule has 2 aliphatic rings. The number of nitrogens with one attached hydrogen (secondary N) is 1. The normalized spacial score (nSPS) is 22.7. The Hall–Kier alpha value is -1.15. The van der Waals surface area contributed by atoms with Gasteiger partial charge in [0, 0.05) is 26.2 Å². The van der Waals surface area contributed by atoms with E-state index in [-0.39, 0.29) is 24.4 Å². The Morgan fingerprint density at radius 1 is 1.04 bits per heavy atom. The number of benzene rings is 1. The summed E-state index contributed by atoms with van der Waals surface area (Å²) < 4.78 is 26.6. The van der Waals surface area contributed by atoms with Crippen LogP contribution in [-0.2, 0) is 14.8 Å². The molecule has 6 nitrogen and oxygen atoms in total. The largest absolute Gasteiger partial charge is 0.339 e. The van der Waals surface area contributed by atoms with E-state index in [1.165, 1.54) is 4.31 Å². The predicted molar refractivity (Wildman–Crippen MR) is 94.7 cm³/mol. The number of halogens is 1. The van der Waals surface area contributed by atoms with Crippen LogP contribution in [0.15, 0.2) is 35.2 Å². The van der Waals surface area contributed by atoms with Gasteiger partial charge in [-0.2, -0.15) is 4.31 Å². The molecule has 0 spiro atoms. The Morgan fingerprint density at radius 3 is 2.29 bits per heavy atom. The summed E-state index contributed by atoms with van der Waals surface area (Å²) in [6.07, 6.45) is 3.07. The molecule has 24 heavy (non-hydrogen) atoms.